The van der Waals surface area contributed by atoms with E-state index in [2.05, 4.69) is 10.1 Å². The Bertz CT molecular complexity index is 925. The van der Waals surface area contributed by atoms with E-state index in [9.17, 15) is 18.0 Å². The first-order valence-electron chi connectivity index (χ1n) is 7.84. The number of ether oxygens (including phenoxy) is 2. The lowest BCUT2D eigenvalue weighted by atomic mass is 10.2. The van der Waals surface area contributed by atoms with Crippen molar-refractivity contribution in [2.75, 3.05) is 36.6 Å². The number of methoxy groups -OCH3 is 2. The number of anilines is 2. The highest BCUT2D eigenvalue weighted by Crippen LogP contribution is 2.21. The normalized spacial score (nSPS) is 10.8. The fraction of sp³-hybridized carbons (Fsp3) is 0.222. The minimum Gasteiger partial charge on any atom is -0.497 e. The molecule has 0 aliphatic heterocycles. The van der Waals surface area contributed by atoms with Gasteiger partial charge >= 0.3 is 5.97 Å². The summed E-state index contributed by atoms with van der Waals surface area (Å²) in [7, 11) is -0.937. The van der Waals surface area contributed by atoms with Crippen molar-refractivity contribution >= 4 is 33.3 Å². The molecule has 0 spiro atoms. The van der Waals surface area contributed by atoms with Crippen molar-refractivity contribution in [2.24, 2.45) is 0 Å². The van der Waals surface area contributed by atoms with Crippen molar-refractivity contribution in [3.05, 3.63) is 54.1 Å². The fourth-order valence-electron chi connectivity index (χ4n) is 2.32. The average molecular weight is 392 g/mol. The third-order valence-corrected chi connectivity index (χ3v) is 4.76. The van der Waals surface area contributed by atoms with Crippen LogP contribution in [0.1, 0.15) is 10.4 Å². The van der Waals surface area contributed by atoms with E-state index in [-0.39, 0.29) is 5.56 Å². The molecular formula is C18H20N2O6S. The van der Waals surface area contributed by atoms with Crippen molar-refractivity contribution in [1.82, 2.24) is 0 Å². The van der Waals surface area contributed by atoms with Crippen molar-refractivity contribution in [3.8, 4) is 5.75 Å². The largest absolute Gasteiger partial charge is 0.497 e. The van der Waals surface area contributed by atoms with Crippen LogP contribution in [0.4, 0.5) is 11.4 Å². The molecule has 8 nitrogen and oxygen atoms in total. The number of nitrogens with zero attached hydrogens (tertiary/aromatic N) is 1. The van der Waals surface area contributed by atoms with Gasteiger partial charge in [0.1, 0.15) is 12.3 Å². The van der Waals surface area contributed by atoms with Gasteiger partial charge in [-0.25, -0.2) is 13.2 Å². The number of carbonyl (C=O) groups is 2. The molecule has 2 aromatic rings. The number of rotatable bonds is 7. The molecule has 0 radical (unpaired) electrons. The molecule has 0 heterocycles. The molecule has 2 rings (SSSR count). The van der Waals surface area contributed by atoms with Crippen molar-refractivity contribution in [3.63, 3.8) is 0 Å². The SMILES string of the molecule is COC(=O)c1cccc(NC(=O)CN(c2ccc(OC)cc2)S(C)(=O)=O)c1. The summed E-state index contributed by atoms with van der Waals surface area (Å²) >= 11 is 0. The van der Waals surface area contributed by atoms with Crippen LogP contribution in [0.5, 0.6) is 5.75 Å². The highest BCUT2D eigenvalue weighted by Gasteiger charge is 2.21. The van der Waals surface area contributed by atoms with Crippen LogP contribution in [-0.4, -0.2) is 47.3 Å². The number of sulfonamides is 1. The summed E-state index contributed by atoms with van der Waals surface area (Å²) in [6.07, 6.45) is 1.02. The van der Waals surface area contributed by atoms with E-state index in [0.29, 0.717) is 17.1 Å². The molecule has 0 bridgehead atoms. The van der Waals surface area contributed by atoms with Crippen LogP contribution in [0.2, 0.25) is 0 Å². The smallest absolute Gasteiger partial charge is 0.337 e. The van der Waals surface area contributed by atoms with Gasteiger partial charge in [-0.2, -0.15) is 0 Å². The zero-order chi connectivity index (χ0) is 20.0. The van der Waals surface area contributed by atoms with Gasteiger partial charge < -0.3 is 14.8 Å². The second-order valence-corrected chi connectivity index (χ2v) is 7.50. The van der Waals surface area contributed by atoms with Gasteiger partial charge in [-0.15, -0.1) is 0 Å². The van der Waals surface area contributed by atoms with Gasteiger partial charge in [0.05, 0.1) is 31.7 Å². The average Bonchev–Trinajstić information content (AvgIpc) is 2.65. The maximum absolute atomic E-state index is 12.4. The molecule has 9 heteroatoms. The summed E-state index contributed by atoms with van der Waals surface area (Å²) < 4.78 is 34.9. The Labute approximate surface area is 157 Å². The lowest BCUT2D eigenvalue weighted by molar-refractivity contribution is -0.114. The van der Waals surface area contributed by atoms with E-state index in [0.717, 1.165) is 10.6 Å². The van der Waals surface area contributed by atoms with Gasteiger partial charge in [-0.3, -0.25) is 9.10 Å². The molecule has 0 fully saturated rings. The van der Waals surface area contributed by atoms with Gasteiger partial charge in [-0.05, 0) is 42.5 Å². The first-order valence-corrected chi connectivity index (χ1v) is 9.69. The van der Waals surface area contributed by atoms with Crippen LogP contribution < -0.4 is 14.4 Å². The molecule has 0 saturated carbocycles. The van der Waals surface area contributed by atoms with Gasteiger partial charge in [0.25, 0.3) is 0 Å². The van der Waals surface area contributed by atoms with Gasteiger partial charge in [-0.1, -0.05) is 6.07 Å². The molecular weight excluding hydrogens is 372 g/mol. The number of amides is 1. The Kier molecular flexibility index (Phi) is 6.40. The number of esters is 1. The van der Waals surface area contributed by atoms with Gasteiger partial charge in [0.15, 0.2) is 0 Å². The molecule has 1 N–H and O–H groups in total. The van der Waals surface area contributed by atoms with E-state index < -0.39 is 28.4 Å². The minimum absolute atomic E-state index is 0.269. The van der Waals surface area contributed by atoms with Crippen LogP contribution in [-0.2, 0) is 19.6 Å². The van der Waals surface area contributed by atoms with Crippen LogP contribution >= 0.6 is 0 Å². The molecule has 0 aromatic heterocycles. The standard InChI is InChI=1S/C18H20N2O6S/c1-25-16-9-7-15(8-10-16)20(27(3,23)24)12-17(21)19-14-6-4-5-13(11-14)18(22)26-2/h4-11H,12H2,1-3H3,(H,19,21). The highest BCUT2D eigenvalue weighted by molar-refractivity contribution is 7.92. The number of hydrogen-bond donors (Lipinski definition) is 1. The lowest BCUT2D eigenvalue weighted by Gasteiger charge is -2.22. The molecule has 144 valence electrons. The second-order valence-electron chi connectivity index (χ2n) is 5.59. The van der Waals surface area contributed by atoms with Gasteiger partial charge in [0, 0.05) is 5.69 Å². The Balaban J connectivity index is 2.18. The topological polar surface area (TPSA) is 102 Å². The van der Waals surface area contributed by atoms with E-state index in [4.69, 9.17) is 4.74 Å². The number of nitrogens with one attached hydrogen (secondary N) is 1. The molecule has 0 aliphatic carbocycles. The zero-order valence-corrected chi connectivity index (χ0v) is 15.9. The summed E-state index contributed by atoms with van der Waals surface area (Å²) in [6.45, 7) is -0.423. The van der Waals surface area contributed by atoms with Crippen LogP contribution in [0.25, 0.3) is 0 Å². The third-order valence-electron chi connectivity index (χ3n) is 3.62. The van der Waals surface area contributed by atoms with E-state index in [1.54, 1.807) is 42.5 Å². The predicted molar refractivity (Wildman–Crippen MR) is 102 cm³/mol. The van der Waals surface area contributed by atoms with Crippen molar-refractivity contribution in [1.29, 1.82) is 0 Å². The van der Waals surface area contributed by atoms with Crippen molar-refractivity contribution in [2.45, 2.75) is 0 Å². The van der Waals surface area contributed by atoms with Crippen molar-refractivity contribution < 1.29 is 27.5 Å². The summed E-state index contributed by atoms with van der Waals surface area (Å²) in [5.41, 5.74) is 0.952. The predicted octanol–water partition coefficient (Wildman–Crippen LogP) is 1.89. The third kappa shape index (κ3) is 5.45. The number of benzene rings is 2. The molecule has 0 atom stereocenters. The maximum Gasteiger partial charge on any atom is 0.337 e. The van der Waals surface area contributed by atoms with Crippen LogP contribution in [0.15, 0.2) is 48.5 Å². The Morgan fingerprint density at radius 1 is 1.07 bits per heavy atom. The van der Waals surface area contributed by atoms with Gasteiger partial charge in [0.2, 0.25) is 15.9 Å². The minimum atomic E-state index is -3.69. The molecule has 0 unspecified atom stereocenters. The second kappa shape index (κ2) is 8.54. The number of carbonyl (C=O) groups excluding carboxylic acids is 2. The number of hydrogen-bond acceptors (Lipinski definition) is 6. The summed E-state index contributed by atoms with van der Waals surface area (Å²) in [4.78, 5) is 23.9. The van der Waals surface area contributed by atoms with E-state index in [1.807, 2.05) is 0 Å². The molecule has 27 heavy (non-hydrogen) atoms. The Hall–Kier alpha value is -3.07. The van der Waals surface area contributed by atoms with Crippen LogP contribution in [0, 0.1) is 0 Å². The van der Waals surface area contributed by atoms with E-state index >= 15 is 0 Å². The van der Waals surface area contributed by atoms with Crippen LogP contribution in [0.3, 0.4) is 0 Å². The first-order chi connectivity index (χ1) is 12.7. The lowest BCUT2D eigenvalue weighted by Crippen LogP contribution is -2.37. The monoisotopic (exact) mass is 392 g/mol. The zero-order valence-electron chi connectivity index (χ0n) is 15.1. The molecule has 0 saturated heterocycles. The molecule has 2 aromatic carbocycles. The Morgan fingerprint density at radius 2 is 1.74 bits per heavy atom. The quantitative estimate of drug-likeness (QED) is 0.722. The fourth-order valence-corrected chi connectivity index (χ4v) is 3.18. The highest BCUT2D eigenvalue weighted by atomic mass is 32.2. The first kappa shape index (κ1) is 20.2. The van der Waals surface area contributed by atoms with E-state index in [1.165, 1.54) is 20.3 Å². The summed E-state index contributed by atoms with van der Waals surface area (Å²) in [6, 6.07) is 12.5. The Morgan fingerprint density at radius 3 is 2.30 bits per heavy atom. The molecule has 0 aliphatic rings. The summed E-state index contributed by atoms with van der Waals surface area (Å²) in [5, 5.41) is 2.58. The maximum atomic E-state index is 12.4. The molecule has 1 amide bonds. The summed E-state index contributed by atoms with van der Waals surface area (Å²) in [5.74, 6) is -0.531.